The van der Waals surface area contributed by atoms with Gasteiger partial charge in [0.15, 0.2) is 5.75 Å². The Morgan fingerprint density at radius 3 is 2.12 bits per heavy atom. The van der Waals surface area contributed by atoms with Crippen LogP contribution in [0.25, 0.3) is 21.9 Å². The number of hydrogen-bond donors (Lipinski definition) is 2. The van der Waals surface area contributed by atoms with E-state index in [4.69, 9.17) is 13.9 Å². The van der Waals surface area contributed by atoms with Crippen molar-refractivity contribution in [3.8, 4) is 11.5 Å². The highest BCUT2D eigenvalue weighted by Crippen LogP contribution is 2.20. The second kappa shape index (κ2) is 6.29. The van der Waals surface area contributed by atoms with Crippen LogP contribution >= 0.6 is 0 Å². The summed E-state index contributed by atoms with van der Waals surface area (Å²) in [5.41, 5.74) is -0.0362. The molecule has 24 heavy (non-hydrogen) atoms. The van der Waals surface area contributed by atoms with Gasteiger partial charge in [-0.05, 0) is 24.3 Å². The molecule has 4 rings (SSSR count). The first-order valence-corrected chi connectivity index (χ1v) is 6.97. The zero-order chi connectivity index (χ0) is 17.1. The average molecular weight is 324 g/mol. The maximum Gasteiger partial charge on any atom is 0.339 e. The summed E-state index contributed by atoms with van der Waals surface area (Å²) in [6, 6.07) is 14.7. The third-order valence-corrected chi connectivity index (χ3v) is 3.29. The highest BCUT2D eigenvalue weighted by atomic mass is 16.4. The second-order valence-corrected chi connectivity index (χ2v) is 4.89. The fourth-order valence-electron chi connectivity index (χ4n) is 2.16. The molecule has 120 valence electrons. The van der Waals surface area contributed by atoms with Crippen molar-refractivity contribution in [3.05, 3.63) is 81.5 Å². The molecular formula is C18H12O6. The minimum absolute atomic E-state index is 0.0400. The monoisotopic (exact) mass is 324 g/mol. The summed E-state index contributed by atoms with van der Waals surface area (Å²) >= 11 is 0. The lowest BCUT2D eigenvalue weighted by molar-refractivity contribution is 0.442. The quantitative estimate of drug-likeness (QED) is 0.482. The number of para-hydroxylation sites is 2. The molecule has 0 saturated carbocycles. The van der Waals surface area contributed by atoms with E-state index in [0.717, 1.165) is 12.3 Å². The summed E-state index contributed by atoms with van der Waals surface area (Å²) in [7, 11) is 0. The first-order chi connectivity index (χ1) is 11.6. The van der Waals surface area contributed by atoms with E-state index in [1.807, 2.05) is 0 Å². The van der Waals surface area contributed by atoms with Crippen LogP contribution in [-0.2, 0) is 0 Å². The SMILES string of the molecule is O=c1c(O)coc2ccccc12.O=c1cc(O)c2ccccc2o1. The molecule has 2 aromatic carbocycles. The Labute approximate surface area is 134 Å². The van der Waals surface area contributed by atoms with Gasteiger partial charge in [0.1, 0.15) is 23.2 Å². The van der Waals surface area contributed by atoms with Gasteiger partial charge in [0.2, 0.25) is 5.43 Å². The van der Waals surface area contributed by atoms with E-state index in [-0.39, 0.29) is 11.5 Å². The van der Waals surface area contributed by atoms with Gasteiger partial charge >= 0.3 is 5.63 Å². The third-order valence-electron chi connectivity index (χ3n) is 3.29. The maximum absolute atomic E-state index is 11.2. The first kappa shape index (κ1) is 15.4. The summed E-state index contributed by atoms with van der Waals surface area (Å²) in [6.07, 6.45) is 1.05. The summed E-state index contributed by atoms with van der Waals surface area (Å²) < 4.78 is 9.80. The van der Waals surface area contributed by atoms with Gasteiger partial charge in [0.25, 0.3) is 0 Å². The Hall–Kier alpha value is -3.54. The Bertz CT molecular complexity index is 1120. The molecule has 0 aliphatic rings. The lowest BCUT2D eigenvalue weighted by Crippen LogP contribution is -1.98. The molecule has 0 unspecified atom stereocenters. The van der Waals surface area contributed by atoms with Crippen molar-refractivity contribution < 1.29 is 19.0 Å². The average Bonchev–Trinajstić information content (AvgIpc) is 2.59. The number of rotatable bonds is 0. The molecular weight excluding hydrogens is 312 g/mol. The van der Waals surface area contributed by atoms with Gasteiger partial charge in [-0.25, -0.2) is 4.79 Å². The van der Waals surface area contributed by atoms with Crippen LogP contribution in [0.15, 0.2) is 79.3 Å². The van der Waals surface area contributed by atoms with Crippen molar-refractivity contribution in [2.24, 2.45) is 0 Å². The van der Waals surface area contributed by atoms with Gasteiger partial charge in [0, 0.05) is 0 Å². The largest absolute Gasteiger partial charge is 0.507 e. The minimum Gasteiger partial charge on any atom is -0.507 e. The molecule has 0 aliphatic carbocycles. The van der Waals surface area contributed by atoms with Crippen LogP contribution in [0.5, 0.6) is 11.5 Å². The van der Waals surface area contributed by atoms with E-state index >= 15 is 0 Å². The number of benzene rings is 2. The predicted octanol–water partition coefficient (Wildman–Crippen LogP) is 3.00. The summed E-state index contributed by atoms with van der Waals surface area (Å²) in [5, 5.41) is 19.3. The molecule has 0 saturated heterocycles. The molecule has 0 bridgehead atoms. The highest BCUT2D eigenvalue weighted by molar-refractivity contribution is 5.82. The van der Waals surface area contributed by atoms with Crippen LogP contribution in [0.3, 0.4) is 0 Å². The van der Waals surface area contributed by atoms with Crippen LogP contribution in [0, 0.1) is 0 Å². The highest BCUT2D eigenvalue weighted by Gasteiger charge is 2.03. The Kier molecular flexibility index (Phi) is 4.03. The molecule has 0 fully saturated rings. The van der Waals surface area contributed by atoms with Gasteiger partial charge in [-0.3, -0.25) is 4.79 Å². The van der Waals surface area contributed by atoms with Crippen molar-refractivity contribution >= 4 is 21.9 Å². The zero-order valence-corrected chi connectivity index (χ0v) is 12.3. The lowest BCUT2D eigenvalue weighted by Gasteiger charge is -1.96. The van der Waals surface area contributed by atoms with E-state index in [1.165, 1.54) is 0 Å². The van der Waals surface area contributed by atoms with Crippen LogP contribution in [0.4, 0.5) is 0 Å². The van der Waals surface area contributed by atoms with E-state index < -0.39 is 11.1 Å². The first-order valence-electron chi connectivity index (χ1n) is 6.97. The van der Waals surface area contributed by atoms with Crippen LogP contribution in [-0.4, -0.2) is 10.2 Å². The van der Waals surface area contributed by atoms with E-state index in [1.54, 1.807) is 48.5 Å². The van der Waals surface area contributed by atoms with Crippen molar-refractivity contribution in [3.63, 3.8) is 0 Å². The molecule has 4 aromatic rings. The van der Waals surface area contributed by atoms with Crippen LogP contribution in [0.2, 0.25) is 0 Å². The van der Waals surface area contributed by atoms with Gasteiger partial charge in [-0.1, -0.05) is 24.3 Å². The van der Waals surface area contributed by atoms with Crippen LogP contribution < -0.4 is 11.1 Å². The number of aromatic hydroxyl groups is 2. The summed E-state index contributed by atoms with van der Waals surface area (Å²) in [6.45, 7) is 0. The van der Waals surface area contributed by atoms with Gasteiger partial charge in [-0.15, -0.1) is 0 Å². The lowest BCUT2D eigenvalue weighted by atomic mass is 10.2. The normalized spacial score (nSPS) is 10.3. The molecule has 6 heteroatoms. The fraction of sp³-hybridized carbons (Fsp3) is 0. The Morgan fingerprint density at radius 2 is 1.38 bits per heavy atom. The molecule has 0 aliphatic heterocycles. The van der Waals surface area contributed by atoms with Crippen molar-refractivity contribution in [2.45, 2.75) is 0 Å². The number of fused-ring (bicyclic) bond motifs is 2. The molecule has 0 amide bonds. The molecule has 0 radical (unpaired) electrons. The van der Waals surface area contributed by atoms with Gasteiger partial charge < -0.3 is 19.0 Å². The van der Waals surface area contributed by atoms with E-state index in [2.05, 4.69) is 0 Å². The standard InChI is InChI=1S/2C9H6O3/c10-7-5-12-8-4-2-1-3-6(8)9(7)11;10-7-5-9(11)12-8-4-2-1-3-6(7)8/h2*1-5,10H. The zero-order valence-electron chi connectivity index (χ0n) is 12.3. The van der Waals surface area contributed by atoms with Gasteiger partial charge in [-0.2, -0.15) is 0 Å². The number of hydrogen-bond acceptors (Lipinski definition) is 6. The van der Waals surface area contributed by atoms with Crippen LogP contribution in [0.1, 0.15) is 0 Å². The van der Waals surface area contributed by atoms with E-state index in [0.29, 0.717) is 21.9 Å². The van der Waals surface area contributed by atoms with Gasteiger partial charge in [0.05, 0.1) is 16.8 Å². The summed E-state index contributed by atoms with van der Waals surface area (Å²) in [5.74, 6) is -0.393. The molecule has 2 aromatic heterocycles. The van der Waals surface area contributed by atoms with Crippen molar-refractivity contribution in [2.75, 3.05) is 0 Å². The van der Waals surface area contributed by atoms with Crippen molar-refractivity contribution in [1.82, 2.24) is 0 Å². The third kappa shape index (κ3) is 2.98. The second-order valence-electron chi connectivity index (χ2n) is 4.89. The maximum atomic E-state index is 11.2. The smallest absolute Gasteiger partial charge is 0.339 e. The summed E-state index contributed by atoms with van der Waals surface area (Å²) in [4.78, 5) is 22.0. The molecule has 6 nitrogen and oxygen atoms in total. The fourth-order valence-corrected chi connectivity index (χ4v) is 2.16. The predicted molar refractivity (Wildman–Crippen MR) is 88.3 cm³/mol. The van der Waals surface area contributed by atoms with Crippen molar-refractivity contribution in [1.29, 1.82) is 0 Å². The molecule has 0 spiro atoms. The Balaban J connectivity index is 0.000000141. The van der Waals surface area contributed by atoms with E-state index in [9.17, 15) is 14.7 Å². The molecule has 2 heterocycles. The topological polar surface area (TPSA) is 101 Å². The minimum atomic E-state index is -0.536. The molecule has 2 N–H and O–H groups in total. The Morgan fingerprint density at radius 1 is 0.750 bits per heavy atom. The molecule has 0 atom stereocenters.